The number of benzene rings is 1. The number of anilines is 1. The molecule has 1 amide bonds. The quantitative estimate of drug-likeness (QED) is 0.792. The van der Waals surface area contributed by atoms with Gasteiger partial charge in [-0.2, -0.15) is 0 Å². The molecular formula is C15H13BrN4O. The molecule has 21 heavy (non-hydrogen) atoms. The largest absolute Gasteiger partial charge is 0.345 e. The Morgan fingerprint density at radius 1 is 1.33 bits per heavy atom. The summed E-state index contributed by atoms with van der Waals surface area (Å²) in [6.07, 6.45) is 7.13. The summed E-state index contributed by atoms with van der Waals surface area (Å²) in [5.74, 6) is -0.147. The molecule has 0 radical (unpaired) electrons. The molecule has 5 nitrogen and oxygen atoms in total. The van der Waals surface area contributed by atoms with Crippen molar-refractivity contribution in [3.63, 3.8) is 0 Å². The average molecular weight is 345 g/mol. The second-order valence-electron chi connectivity index (χ2n) is 4.63. The maximum absolute atomic E-state index is 12.3. The second kappa shape index (κ2) is 5.57. The minimum atomic E-state index is -0.147. The first kappa shape index (κ1) is 13.6. The van der Waals surface area contributed by atoms with E-state index in [2.05, 4.69) is 26.2 Å². The summed E-state index contributed by atoms with van der Waals surface area (Å²) in [6, 6.07) is 9.39. The fourth-order valence-electron chi connectivity index (χ4n) is 2.10. The number of imidazole rings is 1. The number of aromatic nitrogens is 3. The van der Waals surface area contributed by atoms with E-state index in [4.69, 9.17) is 0 Å². The van der Waals surface area contributed by atoms with Crippen molar-refractivity contribution in [1.29, 1.82) is 0 Å². The Hall–Kier alpha value is -2.34. The molecule has 1 N–H and O–H groups in total. The predicted molar refractivity (Wildman–Crippen MR) is 84.6 cm³/mol. The lowest BCUT2D eigenvalue weighted by molar-refractivity contribution is 0.101. The Morgan fingerprint density at radius 2 is 2.19 bits per heavy atom. The van der Waals surface area contributed by atoms with E-state index in [1.54, 1.807) is 23.2 Å². The van der Waals surface area contributed by atoms with E-state index in [9.17, 15) is 4.79 Å². The Kier molecular flexibility index (Phi) is 3.62. The number of nitrogens with zero attached hydrogens (tertiary/aromatic N) is 3. The Bertz CT molecular complexity index is 777. The number of carbonyl (C=O) groups excluding carboxylic acids is 1. The van der Waals surface area contributed by atoms with Crippen molar-refractivity contribution < 1.29 is 4.79 Å². The number of hydrogen-bond acceptors (Lipinski definition) is 2. The molecule has 0 aliphatic heterocycles. The molecule has 0 fully saturated rings. The molecule has 0 saturated carbocycles. The zero-order chi connectivity index (χ0) is 14.8. The van der Waals surface area contributed by atoms with Gasteiger partial charge in [0.05, 0.1) is 6.33 Å². The number of nitrogens with one attached hydrogen (secondary N) is 1. The highest BCUT2D eigenvalue weighted by Crippen LogP contribution is 2.18. The first-order chi connectivity index (χ1) is 10.1. The molecular weight excluding hydrogens is 332 g/mol. The highest BCUT2D eigenvalue weighted by atomic mass is 79.9. The zero-order valence-corrected chi connectivity index (χ0v) is 12.9. The molecule has 2 aromatic heterocycles. The maximum Gasteiger partial charge on any atom is 0.272 e. The van der Waals surface area contributed by atoms with E-state index in [-0.39, 0.29) is 5.91 Å². The summed E-state index contributed by atoms with van der Waals surface area (Å²) in [5.41, 5.74) is 2.27. The summed E-state index contributed by atoms with van der Waals surface area (Å²) in [4.78, 5) is 16.3. The van der Waals surface area contributed by atoms with Gasteiger partial charge in [0, 0.05) is 41.5 Å². The van der Waals surface area contributed by atoms with Gasteiger partial charge in [-0.3, -0.25) is 4.79 Å². The smallest absolute Gasteiger partial charge is 0.272 e. The van der Waals surface area contributed by atoms with E-state index >= 15 is 0 Å². The van der Waals surface area contributed by atoms with Crippen LogP contribution in [0.15, 0.2) is 59.7 Å². The fourth-order valence-corrected chi connectivity index (χ4v) is 2.63. The van der Waals surface area contributed by atoms with Gasteiger partial charge >= 0.3 is 0 Å². The van der Waals surface area contributed by atoms with E-state index in [0.717, 1.165) is 15.8 Å². The van der Waals surface area contributed by atoms with Crippen LogP contribution in [-0.2, 0) is 7.05 Å². The van der Waals surface area contributed by atoms with Crippen LogP contribution >= 0.6 is 15.9 Å². The molecule has 1 aromatic carbocycles. The molecule has 0 saturated heterocycles. The van der Waals surface area contributed by atoms with Gasteiger partial charge in [0.1, 0.15) is 5.69 Å². The lowest BCUT2D eigenvalue weighted by Crippen LogP contribution is -2.15. The molecule has 106 valence electrons. The predicted octanol–water partition coefficient (Wildman–Crippen LogP) is 3.23. The van der Waals surface area contributed by atoms with Gasteiger partial charge in [0.2, 0.25) is 0 Å². The summed E-state index contributed by atoms with van der Waals surface area (Å²) >= 11 is 3.36. The van der Waals surface area contributed by atoms with Crippen molar-refractivity contribution in [2.45, 2.75) is 0 Å². The van der Waals surface area contributed by atoms with Crippen molar-refractivity contribution in [3.05, 3.63) is 65.4 Å². The van der Waals surface area contributed by atoms with Gasteiger partial charge in [-0.15, -0.1) is 0 Å². The highest BCUT2D eigenvalue weighted by molar-refractivity contribution is 9.10. The summed E-state index contributed by atoms with van der Waals surface area (Å²) in [5, 5.41) is 2.90. The molecule has 0 aliphatic rings. The van der Waals surface area contributed by atoms with Gasteiger partial charge < -0.3 is 14.5 Å². The second-order valence-corrected chi connectivity index (χ2v) is 5.54. The third-order valence-electron chi connectivity index (χ3n) is 3.11. The normalized spacial score (nSPS) is 10.6. The molecule has 0 spiro atoms. The van der Waals surface area contributed by atoms with Crippen LogP contribution in [0.1, 0.15) is 10.5 Å². The van der Waals surface area contributed by atoms with Crippen LogP contribution in [0.4, 0.5) is 5.69 Å². The van der Waals surface area contributed by atoms with Crippen molar-refractivity contribution >= 4 is 27.5 Å². The average Bonchev–Trinajstić information content (AvgIpc) is 3.08. The molecule has 3 rings (SSSR count). The van der Waals surface area contributed by atoms with Crippen LogP contribution in [0.5, 0.6) is 0 Å². The number of aryl methyl sites for hydroxylation is 1. The number of amides is 1. The van der Waals surface area contributed by atoms with Gasteiger partial charge in [-0.05, 0) is 40.2 Å². The highest BCUT2D eigenvalue weighted by Gasteiger charge is 2.11. The SMILES string of the molecule is Cn1cc(Br)cc1C(=O)Nc1cccc(-n2ccnc2)c1. The van der Waals surface area contributed by atoms with E-state index < -0.39 is 0 Å². The first-order valence-corrected chi connectivity index (χ1v) is 7.14. The van der Waals surface area contributed by atoms with Crippen LogP contribution in [0, 0.1) is 0 Å². The standard InChI is InChI=1S/C15H13BrN4O/c1-19-9-11(16)7-14(19)15(21)18-12-3-2-4-13(8-12)20-6-5-17-10-20/h2-10H,1H3,(H,18,21). The van der Waals surface area contributed by atoms with E-state index in [0.29, 0.717) is 5.69 Å². The van der Waals surface area contributed by atoms with Crippen molar-refractivity contribution in [2.75, 3.05) is 5.32 Å². The molecule has 0 bridgehead atoms. The monoisotopic (exact) mass is 344 g/mol. The van der Waals surface area contributed by atoms with Crippen LogP contribution in [0.2, 0.25) is 0 Å². The van der Waals surface area contributed by atoms with Gasteiger partial charge in [-0.25, -0.2) is 4.98 Å². The van der Waals surface area contributed by atoms with Crippen LogP contribution < -0.4 is 5.32 Å². The Labute approximate surface area is 130 Å². The van der Waals surface area contributed by atoms with Gasteiger partial charge in [0.15, 0.2) is 0 Å². The summed E-state index contributed by atoms with van der Waals surface area (Å²) in [6.45, 7) is 0. The molecule has 0 atom stereocenters. The number of carbonyl (C=O) groups is 1. The minimum Gasteiger partial charge on any atom is -0.345 e. The maximum atomic E-state index is 12.3. The fraction of sp³-hybridized carbons (Fsp3) is 0.0667. The van der Waals surface area contributed by atoms with E-state index in [1.807, 2.05) is 48.3 Å². The van der Waals surface area contributed by atoms with Crippen molar-refractivity contribution in [3.8, 4) is 5.69 Å². The van der Waals surface area contributed by atoms with Gasteiger partial charge in [-0.1, -0.05) is 6.07 Å². The number of rotatable bonds is 3. The zero-order valence-electron chi connectivity index (χ0n) is 11.3. The molecule has 3 aromatic rings. The minimum absolute atomic E-state index is 0.147. The Morgan fingerprint density at radius 3 is 2.86 bits per heavy atom. The van der Waals surface area contributed by atoms with Crippen LogP contribution in [0.25, 0.3) is 5.69 Å². The lowest BCUT2D eigenvalue weighted by Gasteiger charge is -2.08. The van der Waals surface area contributed by atoms with E-state index in [1.165, 1.54) is 0 Å². The molecule has 0 aliphatic carbocycles. The van der Waals surface area contributed by atoms with Crippen LogP contribution in [-0.4, -0.2) is 20.0 Å². The molecule has 6 heteroatoms. The third kappa shape index (κ3) is 2.90. The summed E-state index contributed by atoms with van der Waals surface area (Å²) < 4.78 is 4.54. The third-order valence-corrected chi connectivity index (χ3v) is 3.54. The number of halogens is 1. The van der Waals surface area contributed by atoms with Crippen LogP contribution in [0.3, 0.4) is 0 Å². The molecule has 2 heterocycles. The number of hydrogen-bond donors (Lipinski definition) is 1. The van der Waals surface area contributed by atoms with Crippen molar-refractivity contribution in [2.24, 2.45) is 7.05 Å². The molecule has 0 unspecified atom stereocenters. The Balaban J connectivity index is 1.84. The lowest BCUT2D eigenvalue weighted by atomic mass is 10.2. The van der Waals surface area contributed by atoms with Crippen molar-refractivity contribution in [1.82, 2.24) is 14.1 Å². The topological polar surface area (TPSA) is 51.9 Å². The summed E-state index contributed by atoms with van der Waals surface area (Å²) in [7, 11) is 1.83. The first-order valence-electron chi connectivity index (χ1n) is 6.35. The van der Waals surface area contributed by atoms with Gasteiger partial charge in [0.25, 0.3) is 5.91 Å².